The van der Waals surface area contributed by atoms with Gasteiger partial charge in [0.05, 0.1) is 24.1 Å². The summed E-state index contributed by atoms with van der Waals surface area (Å²) in [6, 6.07) is 7.49. The highest BCUT2D eigenvalue weighted by Gasteiger charge is 2.08. The van der Waals surface area contributed by atoms with Gasteiger partial charge in [0, 0.05) is 30.2 Å². The van der Waals surface area contributed by atoms with Crippen LogP contribution in [0, 0.1) is 0 Å². The van der Waals surface area contributed by atoms with Crippen LogP contribution in [0.15, 0.2) is 38.6 Å². The first-order valence-corrected chi connectivity index (χ1v) is 10.3. The Morgan fingerprint density at radius 1 is 1.32 bits per heavy atom. The van der Waals surface area contributed by atoms with Crippen LogP contribution in [-0.4, -0.2) is 42.0 Å². The molecule has 0 saturated carbocycles. The molecule has 150 valence electrons. The van der Waals surface area contributed by atoms with E-state index in [1.807, 2.05) is 18.2 Å². The van der Waals surface area contributed by atoms with E-state index in [0.29, 0.717) is 22.1 Å². The molecule has 0 amide bonds. The number of carbonyl (C=O) groups excluding carboxylic acids is 1. The van der Waals surface area contributed by atoms with E-state index in [0.717, 1.165) is 35.9 Å². The van der Waals surface area contributed by atoms with Crippen molar-refractivity contribution in [2.45, 2.75) is 20.8 Å². The normalized spacial score (nSPS) is 11.0. The zero-order valence-electron chi connectivity index (χ0n) is 16.1. The lowest BCUT2D eigenvalue weighted by Gasteiger charge is -2.20. The quantitative estimate of drug-likeness (QED) is 0.229. The third kappa shape index (κ3) is 6.07. The Labute approximate surface area is 173 Å². The van der Waals surface area contributed by atoms with Crippen molar-refractivity contribution in [1.82, 2.24) is 5.43 Å². The van der Waals surface area contributed by atoms with Crippen LogP contribution in [0.5, 0.6) is 0 Å². The monoisotopic (exact) mass is 421 g/mol. The standard InChI is InChI=1S/C19H23N3O4S2/c1-4-22(5-2)15-8-7-13-9-14(18(24)26-16(13)10-15)11-20-21-19(27)28-12-17(23)25-6-3/h7-11H,4-6,12H2,1-3H3,(H,21,27)/b20-11+. The van der Waals surface area contributed by atoms with Gasteiger partial charge in [-0.15, -0.1) is 0 Å². The van der Waals surface area contributed by atoms with Crippen LogP contribution in [0.25, 0.3) is 11.0 Å². The number of nitrogens with zero attached hydrogens (tertiary/aromatic N) is 2. The number of hydrogen-bond acceptors (Lipinski definition) is 8. The van der Waals surface area contributed by atoms with Crippen molar-refractivity contribution in [3.8, 4) is 0 Å². The number of thiocarbonyl (C=S) groups is 1. The van der Waals surface area contributed by atoms with Crippen LogP contribution in [0.1, 0.15) is 26.3 Å². The number of esters is 1. The number of anilines is 1. The Balaban J connectivity index is 2.06. The van der Waals surface area contributed by atoms with Crippen molar-refractivity contribution in [2.75, 3.05) is 30.3 Å². The van der Waals surface area contributed by atoms with E-state index in [2.05, 4.69) is 29.3 Å². The number of hydrazone groups is 1. The van der Waals surface area contributed by atoms with E-state index < -0.39 is 5.63 Å². The Morgan fingerprint density at radius 2 is 2.07 bits per heavy atom. The van der Waals surface area contributed by atoms with Crippen LogP contribution in [0.3, 0.4) is 0 Å². The van der Waals surface area contributed by atoms with Gasteiger partial charge in [-0.05, 0) is 39.0 Å². The molecule has 1 heterocycles. The molecule has 28 heavy (non-hydrogen) atoms. The van der Waals surface area contributed by atoms with Gasteiger partial charge in [-0.3, -0.25) is 10.2 Å². The number of thioether (sulfide) groups is 1. The predicted molar refractivity (Wildman–Crippen MR) is 118 cm³/mol. The Hall–Kier alpha value is -2.39. The first-order valence-electron chi connectivity index (χ1n) is 8.92. The van der Waals surface area contributed by atoms with Crippen molar-refractivity contribution in [3.05, 3.63) is 40.2 Å². The van der Waals surface area contributed by atoms with Gasteiger partial charge >= 0.3 is 11.6 Å². The minimum Gasteiger partial charge on any atom is -0.465 e. The van der Waals surface area contributed by atoms with Crippen LogP contribution in [-0.2, 0) is 9.53 Å². The maximum absolute atomic E-state index is 12.2. The fourth-order valence-corrected chi connectivity index (χ4v) is 3.18. The topological polar surface area (TPSA) is 84.1 Å². The zero-order chi connectivity index (χ0) is 20.5. The minimum atomic E-state index is -0.486. The molecule has 1 aromatic carbocycles. The van der Waals surface area contributed by atoms with Crippen LogP contribution in [0.2, 0.25) is 0 Å². The number of carbonyl (C=O) groups is 1. The molecule has 2 rings (SSSR count). The molecule has 1 N–H and O–H groups in total. The minimum absolute atomic E-state index is 0.0994. The Bertz CT molecular complexity index is 923. The summed E-state index contributed by atoms with van der Waals surface area (Å²) < 4.78 is 10.6. The summed E-state index contributed by atoms with van der Waals surface area (Å²) in [6.07, 6.45) is 1.35. The Morgan fingerprint density at radius 3 is 2.75 bits per heavy atom. The largest absolute Gasteiger partial charge is 0.465 e. The van der Waals surface area contributed by atoms with Crippen LogP contribution in [0.4, 0.5) is 5.69 Å². The van der Waals surface area contributed by atoms with Crippen molar-refractivity contribution in [1.29, 1.82) is 0 Å². The second kappa shape index (κ2) is 10.8. The average molecular weight is 422 g/mol. The van der Waals surface area contributed by atoms with E-state index >= 15 is 0 Å². The molecule has 0 radical (unpaired) electrons. The van der Waals surface area contributed by atoms with Gasteiger partial charge in [0.2, 0.25) is 0 Å². The molecule has 0 unspecified atom stereocenters. The molecule has 0 aliphatic carbocycles. The third-order valence-electron chi connectivity index (χ3n) is 3.86. The lowest BCUT2D eigenvalue weighted by molar-refractivity contribution is -0.139. The maximum atomic E-state index is 12.2. The maximum Gasteiger partial charge on any atom is 0.345 e. The van der Waals surface area contributed by atoms with Gasteiger partial charge in [-0.25, -0.2) is 4.79 Å². The van der Waals surface area contributed by atoms with E-state index in [1.54, 1.807) is 13.0 Å². The number of benzene rings is 1. The zero-order valence-corrected chi connectivity index (χ0v) is 17.7. The number of rotatable bonds is 8. The van der Waals surface area contributed by atoms with Gasteiger partial charge in [-0.1, -0.05) is 24.0 Å². The predicted octanol–water partition coefficient (Wildman–Crippen LogP) is 3.14. The molecule has 0 atom stereocenters. The molecule has 7 nitrogen and oxygen atoms in total. The average Bonchev–Trinajstić information content (AvgIpc) is 2.68. The highest BCUT2D eigenvalue weighted by atomic mass is 32.2. The molecule has 0 saturated heterocycles. The van der Waals surface area contributed by atoms with E-state index in [9.17, 15) is 9.59 Å². The summed E-state index contributed by atoms with van der Waals surface area (Å²) in [7, 11) is 0. The first kappa shape index (κ1) is 21.9. The second-order valence-electron chi connectivity index (χ2n) is 5.63. The second-order valence-corrected chi connectivity index (χ2v) is 7.29. The summed E-state index contributed by atoms with van der Waals surface area (Å²) >= 11 is 6.17. The molecule has 0 bridgehead atoms. The van der Waals surface area contributed by atoms with Crippen molar-refractivity contribution in [2.24, 2.45) is 5.10 Å². The number of hydrogen-bond donors (Lipinski definition) is 1. The smallest absolute Gasteiger partial charge is 0.345 e. The summed E-state index contributed by atoms with van der Waals surface area (Å²) in [5.41, 5.74) is 3.96. The summed E-state index contributed by atoms with van der Waals surface area (Å²) in [4.78, 5) is 25.7. The number of fused-ring (bicyclic) bond motifs is 1. The third-order valence-corrected chi connectivity index (χ3v) is 5.04. The number of nitrogens with one attached hydrogen (secondary N) is 1. The highest BCUT2D eigenvalue weighted by molar-refractivity contribution is 8.23. The molecular formula is C19H23N3O4S2. The summed E-state index contributed by atoms with van der Waals surface area (Å²) in [5.74, 6) is -0.248. The van der Waals surface area contributed by atoms with Crippen molar-refractivity contribution >= 4 is 57.1 Å². The Kier molecular flexibility index (Phi) is 8.46. The molecule has 1 aromatic heterocycles. The fourth-order valence-electron chi connectivity index (χ4n) is 2.51. The van der Waals surface area contributed by atoms with Crippen molar-refractivity contribution < 1.29 is 13.9 Å². The molecule has 2 aromatic rings. The lowest BCUT2D eigenvalue weighted by atomic mass is 10.1. The van der Waals surface area contributed by atoms with Crippen molar-refractivity contribution in [3.63, 3.8) is 0 Å². The molecule has 0 aliphatic rings. The molecule has 0 spiro atoms. The van der Waals surface area contributed by atoms with Gasteiger partial charge in [-0.2, -0.15) is 5.10 Å². The molecule has 0 aliphatic heterocycles. The summed E-state index contributed by atoms with van der Waals surface area (Å²) in [5, 5.41) is 4.75. The van der Waals surface area contributed by atoms with E-state index in [4.69, 9.17) is 21.4 Å². The number of ether oxygens (including phenoxy) is 1. The van der Waals surface area contributed by atoms with Crippen LogP contribution < -0.4 is 16.0 Å². The van der Waals surface area contributed by atoms with E-state index in [-0.39, 0.29) is 11.7 Å². The highest BCUT2D eigenvalue weighted by Crippen LogP contribution is 2.21. The molecular weight excluding hydrogens is 398 g/mol. The SMILES string of the molecule is CCOC(=O)CSC(=S)N/N=C/c1cc2ccc(N(CC)CC)cc2oc1=O. The van der Waals surface area contributed by atoms with Gasteiger partial charge in [0.1, 0.15) is 5.58 Å². The van der Waals surface area contributed by atoms with Gasteiger partial charge in [0.15, 0.2) is 4.32 Å². The fraction of sp³-hybridized carbons (Fsp3) is 0.368. The molecule has 0 fully saturated rings. The summed E-state index contributed by atoms with van der Waals surface area (Å²) in [6.45, 7) is 7.96. The van der Waals surface area contributed by atoms with E-state index in [1.165, 1.54) is 6.21 Å². The van der Waals surface area contributed by atoms with Gasteiger partial charge < -0.3 is 14.1 Å². The van der Waals surface area contributed by atoms with Crippen LogP contribution >= 0.6 is 24.0 Å². The molecule has 9 heteroatoms. The first-order chi connectivity index (χ1) is 13.5. The van der Waals surface area contributed by atoms with Gasteiger partial charge in [0.25, 0.3) is 0 Å². The lowest BCUT2D eigenvalue weighted by Crippen LogP contribution is -2.21.